The van der Waals surface area contributed by atoms with E-state index < -0.39 is 0 Å². The van der Waals surface area contributed by atoms with Crippen LogP contribution in [0.4, 0.5) is 0 Å². The first-order chi connectivity index (χ1) is 10.2. The molecule has 7 heteroatoms. The molecule has 130 valence electrons. The molecule has 0 aromatic carbocycles. The van der Waals surface area contributed by atoms with E-state index in [-0.39, 0.29) is 35.8 Å². The summed E-state index contributed by atoms with van der Waals surface area (Å²) in [6, 6.07) is 0. The summed E-state index contributed by atoms with van der Waals surface area (Å²) >= 11 is 0. The second-order valence-corrected chi connectivity index (χ2v) is 5.28. The third-order valence-electron chi connectivity index (χ3n) is 3.59. The van der Waals surface area contributed by atoms with Crippen LogP contribution < -0.4 is 16.0 Å². The minimum Gasteiger partial charge on any atom is -0.357 e. The summed E-state index contributed by atoms with van der Waals surface area (Å²) in [4.78, 5) is 18.4. The van der Waals surface area contributed by atoms with E-state index in [1.54, 1.807) is 0 Å². The number of hydrogen-bond donors (Lipinski definition) is 3. The van der Waals surface area contributed by atoms with Gasteiger partial charge in [-0.3, -0.25) is 9.79 Å². The van der Waals surface area contributed by atoms with E-state index in [1.165, 1.54) is 0 Å². The third kappa shape index (κ3) is 9.45. The number of hydrogen-bond acceptors (Lipinski definition) is 3. The van der Waals surface area contributed by atoms with Gasteiger partial charge in [0, 0.05) is 32.1 Å². The van der Waals surface area contributed by atoms with E-state index in [1.807, 2.05) is 0 Å². The first-order valence-electron chi connectivity index (χ1n) is 8.23. The summed E-state index contributed by atoms with van der Waals surface area (Å²) in [5.74, 6) is 1.30. The van der Waals surface area contributed by atoms with Gasteiger partial charge in [0.25, 0.3) is 0 Å². The van der Waals surface area contributed by atoms with E-state index in [0.717, 1.165) is 51.5 Å². The van der Waals surface area contributed by atoms with Crippen molar-refractivity contribution in [3.8, 4) is 0 Å². The summed E-state index contributed by atoms with van der Waals surface area (Å²) in [5, 5.41) is 9.42. The number of carbonyl (C=O) groups is 1. The van der Waals surface area contributed by atoms with Crippen molar-refractivity contribution in [1.29, 1.82) is 0 Å². The van der Waals surface area contributed by atoms with Gasteiger partial charge in [-0.15, -0.1) is 24.0 Å². The lowest BCUT2D eigenvalue weighted by Gasteiger charge is -2.17. The molecule has 1 amide bonds. The highest BCUT2D eigenvalue weighted by Crippen LogP contribution is 2.28. The van der Waals surface area contributed by atoms with Crippen LogP contribution in [0.25, 0.3) is 0 Å². The fourth-order valence-corrected chi connectivity index (χ4v) is 2.04. The molecule has 0 atom stereocenters. The third-order valence-corrected chi connectivity index (χ3v) is 3.59. The zero-order chi connectivity index (χ0) is 15.5. The maximum atomic E-state index is 11.5. The Balaban J connectivity index is 0.00000441. The highest BCUT2D eigenvalue weighted by molar-refractivity contribution is 14.0. The Morgan fingerprint density at radius 3 is 2.27 bits per heavy atom. The molecule has 22 heavy (non-hydrogen) atoms. The number of likely N-dealkylation sites (N-methyl/N-ethyl adjacent to an activating group) is 1. The van der Waals surface area contributed by atoms with Crippen molar-refractivity contribution >= 4 is 35.8 Å². The van der Waals surface area contributed by atoms with Crippen molar-refractivity contribution < 1.29 is 4.79 Å². The monoisotopic (exact) mass is 425 g/mol. The summed E-state index contributed by atoms with van der Waals surface area (Å²) in [5.41, 5.74) is 0. The van der Waals surface area contributed by atoms with E-state index in [9.17, 15) is 4.79 Å². The molecule has 0 spiro atoms. The Bertz CT molecular complexity index is 330. The number of nitrogens with one attached hydrogen (secondary N) is 3. The average molecular weight is 425 g/mol. The molecule has 0 bridgehead atoms. The van der Waals surface area contributed by atoms with Crippen LogP contribution in [0.2, 0.25) is 0 Å². The van der Waals surface area contributed by atoms with Crippen molar-refractivity contribution in [2.45, 2.75) is 33.6 Å². The minimum atomic E-state index is 0. The quantitative estimate of drug-likeness (QED) is 0.212. The topological polar surface area (TPSA) is 68.8 Å². The first kappa shape index (κ1) is 21.4. The fourth-order valence-electron chi connectivity index (χ4n) is 2.04. The predicted octanol–water partition coefficient (Wildman–Crippen LogP) is 1.03. The van der Waals surface area contributed by atoms with Crippen LogP contribution in [-0.4, -0.2) is 62.6 Å². The minimum absolute atomic E-state index is 0. The predicted molar refractivity (Wildman–Crippen MR) is 103 cm³/mol. The molecule has 3 N–H and O–H groups in total. The maximum Gasteiger partial charge on any atom is 0.223 e. The molecular weight excluding hydrogens is 393 g/mol. The number of aliphatic imine (C=N–C) groups is 1. The van der Waals surface area contributed by atoms with E-state index >= 15 is 0 Å². The van der Waals surface area contributed by atoms with Crippen molar-refractivity contribution in [3.05, 3.63) is 0 Å². The highest BCUT2D eigenvalue weighted by atomic mass is 127. The number of halogens is 1. The summed E-state index contributed by atoms with van der Waals surface area (Å²) in [6.45, 7) is 12.4. The summed E-state index contributed by atoms with van der Waals surface area (Å²) < 4.78 is 0. The van der Waals surface area contributed by atoms with Gasteiger partial charge in [-0.05, 0) is 32.9 Å². The number of nitrogens with zero attached hydrogens (tertiary/aromatic N) is 2. The molecule has 1 saturated carbocycles. The zero-order valence-corrected chi connectivity index (χ0v) is 16.5. The second kappa shape index (κ2) is 12.9. The lowest BCUT2D eigenvalue weighted by atomic mass is 10.4. The molecule has 1 aliphatic carbocycles. The largest absolute Gasteiger partial charge is 0.357 e. The normalized spacial score (nSPS) is 14.5. The molecule has 0 unspecified atom stereocenters. The van der Waals surface area contributed by atoms with Gasteiger partial charge in [0.05, 0.1) is 6.54 Å². The van der Waals surface area contributed by atoms with Crippen LogP contribution >= 0.6 is 24.0 Å². The maximum absolute atomic E-state index is 11.5. The molecule has 0 radical (unpaired) electrons. The van der Waals surface area contributed by atoms with Crippen LogP contribution in [0.15, 0.2) is 4.99 Å². The van der Waals surface area contributed by atoms with Gasteiger partial charge in [-0.25, -0.2) is 0 Å². The number of carbonyl (C=O) groups excluding carboxylic acids is 1. The van der Waals surface area contributed by atoms with Crippen LogP contribution in [-0.2, 0) is 4.79 Å². The molecule has 0 saturated heterocycles. The van der Waals surface area contributed by atoms with Gasteiger partial charge in [-0.1, -0.05) is 13.8 Å². The summed E-state index contributed by atoms with van der Waals surface area (Å²) in [7, 11) is 0. The van der Waals surface area contributed by atoms with E-state index in [2.05, 4.69) is 46.6 Å². The Labute approximate surface area is 151 Å². The Morgan fingerprint density at radius 1 is 1.09 bits per heavy atom. The van der Waals surface area contributed by atoms with E-state index in [4.69, 9.17) is 0 Å². The van der Waals surface area contributed by atoms with Gasteiger partial charge in [0.15, 0.2) is 5.96 Å². The van der Waals surface area contributed by atoms with Gasteiger partial charge in [0.1, 0.15) is 0 Å². The van der Waals surface area contributed by atoms with Crippen LogP contribution in [0.5, 0.6) is 0 Å². The Morgan fingerprint density at radius 2 is 1.73 bits per heavy atom. The fraction of sp³-hybridized carbons (Fsp3) is 0.867. The van der Waals surface area contributed by atoms with Crippen molar-refractivity contribution in [2.24, 2.45) is 10.9 Å². The molecule has 0 aromatic rings. The van der Waals surface area contributed by atoms with Gasteiger partial charge >= 0.3 is 0 Å². The first-order valence-corrected chi connectivity index (χ1v) is 8.23. The zero-order valence-electron chi connectivity index (χ0n) is 14.2. The molecular formula is C15H32IN5O. The van der Waals surface area contributed by atoms with Gasteiger partial charge in [0.2, 0.25) is 5.91 Å². The van der Waals surface area contributed by atoms with Crippen LogP contribution in [0, 0.1) is 5.92 Å². The van der Waals surface area contributed by atoms with Crippen molar-refractivity contribution in [1.82, 2.24) is 20.9 Å². The molecule has 0 heterocycles. The van der Waals surface area contributed by atoms with Gasteiger partial charge < -0.3 is 20.9 Å². The molecule has 1 fully saturated rings. The molecule has 0 aromatic heterocycles. The van der Waals surface area contributed by atoms with Crippen LogP contribution in [0.1, 0.15) is 33.6 Å². The van der Waals surface area contributed by atoms with Crippen LogP contribution in [0.3, 0.4) is 0 Å². The van der Waals surface area contributed by atoms with Crippen molar-refractivity contribution in [2.75, 3.05) is 45.8 Å². The smallest absolute Gasteiger partial charge is 0.223 e. The Hall–Kier alpha value is -0.570. The molecule has 1 rings (SSSR count). The van der Waals surface area contributed by atoms with Crippen molar-refractivity contribution in [3.63, 3.8) is 0 Å². The van der Waals surface area contributed by atoms with E-state index in [0.29, 0.717) is 13.1 Å². The lowest BCUT2D eigenvalue weighted by Crippen LogP contribution is -2.42. The molecule has 6 nitrogen and oxygen atoms in total. The molecule has 0 aliphatic heterocycles. The SMILES string of the molecule is CCNC(=NCCN(CC)CC)NCCNC(=O)C1CC1.I. The highest BCUT2D eigenvalue weighted by Gasteiger charge is 2.28. The lowest BCUT2D eigenvalue weighted by molar-refractivity contribution is -0.122. The number of amides is 1. The standard InChI is InChI=1S/C15H31N5O.HI/c1-4-16-15(19-11-12-20(5-2)6-3)18-10-9-17-14(21)13-7-8-13;/h13H,4-12H2,1-3H3,(H,17,21)(H2,16,18,19);1H. The Kier molecular flexibility index (Phi) is 12.6. The second-order valence-electron chi connectivity index (χ2n) is 5.28. The molecule has 1 aliphatic rings. The van der Waals surface area contributed by atoms with Gasteiger partial charge in [-0.2, -0.15) is 0 Å². The number of rotatable bonds is 10. The summed E-state index contributed by atoms with van der Waals surface area (Å²) in [6.07, 6.45) is 2.10. The number of guanidine groups is 1. The average Bonchev–Trinajstić information content (AvgIpc) is 3.32.